The van der Waals surface area contributed by atoms with Crippen molar-refractivity contribution in [3.8, 4) is 0 Å². The standard InChI is InChI=1S/C20H17ClN2O4/c21-13-7-5-12(6-8-13)11-22-18(25)16-9-10-17(24)23(16)19-14-3-1-2-4-15(14)20(26)27-19/h1-8,16,19H,9-11H2,(H,22,25). The number of cyclic esters (lactones) is 1. The summed E-state index contributed by atoms with van der Waals surface area (Å²) < 4.78 is 5.41. The molecule has 0 aromatic heterocycles. The summed E-state index contributed by atoms with van der Waals surface area (Å²) in [5.74, 6) is -0.942. The van der Waals surface area contributed by atoms with Crippen molar-refractivity contribution >= 4 is 29.4 Å². The van der Waals surface area contributed by atoms with Crippen LogP contribution in [0.5, 0.6) is 0 Å². The maximum absolute atomic E-state index is 12.7. The second kappa shape index (κ2) is 7.04. The van der Waals surface area contributed by atoms with Gasteiger partial charge in [-0.1, -0.05) is 41.9 Å². The van der Waals surface area contributed by atoms with Crippen LogP contribution in [-0.4, -0.2) is 28.7 Å². The Kier molecular flexibility index (Phi) is 4.58. The highest BCUT2D eigenvalue weighted by molar-refractivity contribution is 6.30. The fraction of sp³-hybridized carbons (Fsp3) is 0.250. The van der Waals surface area contributed by atoms with E-state index < -0.39 is 18.2 Å². The van der Waals surface area contributed by atoms with Crippen LogP contribution in [0, 0.1) is 0 Å². The van der Waals surface area contributed by atoms with Crippen molar-refractivity contribution in [2.75, 3.05) is 0 Å². The predicted octanol–water partition coefficient (Wildman–Crippen LogP) is 2.82. The first kappa shape index (κ1) is 17.5. The first-order valence-corrected chi connectivity index (χ1v) is 9.05. The van der Waals surface area contributed by atoms with Crippen LogP contribution in [0.2, 0.25) is 5.02 Å². The zero-order valence-electron chi connectivity index (χ0n) is 14.4. The molecule has 0 spiro atoms. The lowest BCUT2D eigenvalue weighted by molar-refractivity contribution is -0.145. The van der Waals surface area contributed by atoms with Gasteiger partial charge in [0.2, 0.25) is 18.0 Å². The van der Waals surface area contributed by atoms with Gasteiger partial charge in [0, 0.05) is 23.6 Å². The van der Waals surface area contributed by atoms with Gasteiger partial charge in [0.05, 0.1) is 5.56 Å². The molecule has 138 valence electrons. The van der Waals surface area contributed by atoms with E-state index in [1.54, 1.807) is 36.4 Å². The van der Waals surface area contributed by atoms with E-state index in [2.05, 4.69) is 5.32 Å². The van der Waals surface area contributed by atoms with E-state index in [1.807, 2.05) is 12.1 Å². The number of hydrogen-bond donors (Lipinski definition) is 1. The van der Waals surface area contributed by atoms with Crippen molar-refractivity contribution in [1.82, 2.24) is 10.2 Å². The second-order valence-electron chi connectivity index (χ2n) is 6.54. The Morgan fingerprint density at radius 3 is 2.67 bits per heavy atom. The number of esters is 1. The Balaban J connectivity index is 1.51. The molecule has 2 aliphatic rings. The number of nitrogens with zero attached hydrogens (tertiary/aromatic N) is 1. The zero-order chi connectivity index (χ0) is 19.0. The van der Waals surface area contributed by atoms with Gasteiger partial charge in [0.15, 0.2) is 0 Å². The molecular formula is C20H17ClN2O4. The number of rotatable bonds is 4. The van der Waals surface area contributed by atoms with Crippen molar-refractivity contribution in [2.45, 2.75) is 31.7 Å². The van der Waals surface area contributed by atoms with Crippen LogP contribution in [0.4, 0.5) is 0 Å². The summed E-state index contributed by atoms with van der Waals surface area (Å²) >= 11 is 5.87. The van der Waals surface area contributed by atoms with E-state index in [0.717, 1.165) is 5.56 Å². The molecule has 0 radical (unpaired) electrons. The Labute approximate surface area is 161 Å². The molecule has 1 fully saturated rings. The van der Waals surface area contributed by atoms with Gasteiger partial charge >= 0.3 is 5.97 Å². The van der Waals surface area contributed by atoms with Crippen LogP contribution in [-0.2, 0) is 20.9 Å². The summed E-state index contributed by atoms with van der Waals surface area (Å²) in [5, 5.41) is 3.48. The highest BCUT2D eigenvalue weighted by Crippen LogP contribution is 2.38. The van der Waals surface area contributed by atoms with Crippen molar-refractivity contribution < 1.29 is 19.1 Å². The molecular weight excluding hydrogens is 368 g/mol. The number of nitrogens with one attached hydrogen (secondary N) is 1. The minimum atomic E-state index is -0.852. The number of carbonyl (C=O) groups is 3. The van der Waals surface area contributed by atoms with E-state index >= 15 is 0 Å². The topological polar surface area (TPSA) is 75.7 Å². The zero-order valence-corrected chi connectivity index (χ0v) is 15.1. The molecule has 4 rings (SSSR count). The number of benzene rings is 2. The van der Waals surface area contributed by atoms with Gasteiger partial charge in [-0.05, 0) is 30.2 Å². The molecule has 1 saturated heterocycles. The summed E-state index contributed by atoms with van der Waals surface area (Å²) in [7, 11) is 0. The summed E-state index contributed by atoms with van der Waals surface area (Å²) in [4.78, 5) is 38.6. The molecule has 2 aliphatic heterocycles. The van der Waals surface area contributed by atoms with E-state index in [4.69, 9.17) is 16.3 Å². The molecule has 2 atom stereocenters. The third-order valence-electron chi connectivity index (χ3n) is 4.86. The molecule has 27 heavy (non-hydrogen) atoms. The Bertz CT molecular complexity index is 912. The lowest BCUT2D eigenvalue weighted by atomic mass is 10.1. The highest BCUT2D eigenvalue weighted by Gasteiger charge is 2.46. The van der Waals surface area contributed by atoms with Gasteiger partial charge in [0.25, 0.3) is 0 Å². The molecule has 1 N–H and O–H groups in total. The summed E-state index contributed by atoms with van der Waals surface area (Å²) in [6.07, 6.45) is -0.216. The molecule has 0 bridgehead atoms. The minimum absolute atomic E-state index is 0.198. The van der Waals surface area contributed by atoms with Crippen LogP contribution in [0.15, 0.2) is 48.5 Å². The second-order valence-corrected chi connectivity index (χ2v) is 6.98. The molecule has 0 aliphatic carbocycles. The number of fused-ring (bicyclic) bond motifs is 1. The number of ether oxygens (including phenoxy) is 1. The molecule has 0 saturated carbocycles. The van der Waals surface area contributed by atoms with Gasteiger partial charge in [-0.2, -0.15) is 0 Å². The number of halogens is 1. The van der Waals surface area contributed by atoms with Gasteiger partial charge < -0.3 is 10.1 Å². The molecule has 2 aromatic carbocycles. The average Bonchev–Trinajstić information content (AvgIpc) is 3.21. The van der Waals surface area contributed by atoms with Gasteiger partial charge in [-0.25, -0.2) is 4.79 Å². The first-order chi connectivity index (χ1) is 13.0. The number of hydrogen-bond acceptors (Lipinski definition) is 4. The third kappa shape index (κ3) is 3.28. The summed E-state index contributed by atoms with van der Waals surface area (Å²) in [6.45, 7) is 0.329. The number of amides is 2. The first-order valence-electron chi connectivity index (χ1n) is 8.68. The maximum Gasteiger partial charge on any atom is 0.340 e. The van der Waals surface area contributed by atoms with E-state index in [0.29, 0.717) is 29.1 Å². The van der Waals surface area contributed by atoms with Crippen LogP contribution in [0.1, 0.15) is 40.6 Å². The van der Waals surface area contributed by atoms with Crippen molar-refractivity contribution in [1.29, 1.82) is 0 Å². The molecule has 6 nitrogen and oxygen atoms in total. The van der Waals surface area contributed by atoms with E-state index in [9.17, 15) is 14.4 Å². The lowest BCUT2D eigenvalue weighted by Gasteiger charge is -2.29. The van der Waals surface area contributed by atoms with E-state index in [1.165, 1.54) is 4.90 Å². The van der Waals surface area contributed by atoms with Gasteiger partial charge in [-0.3, -0.25) is 14.5 Å². The quantitative estimate of drug-likeness (QED) is 0.822. The number of carbonyl (C=O) groups excluding carboxylic acids is 3. The summed E-state index contributed by atoms with van der Waals surface area (Å²) in [6, 6.07) is 13.4. The van der Waals surface area contributed by atoms with E-state index in [-0.39, 0.29) is 18.2 Å². The van der Waals surface area contributed by atoms with Gasteiger partial charge in [0.1, 0.15) is 6.04 Å². The smallest absolute Gasteiger partial charge is 0.340 e. The third-order valence-corrected chi connectivity index (χ3v) is 5.11. The normalized spacial score (nSPS) is 21.1. The Morgan fingerprint density at radius 1 is 1.15 bits per heavy atom. The molecule has 2 unspecified atom stereocenters. The van der Waals surface area contributed by atoms with Crippen LogP contribution in [0.25, 0.3) is 0 Å². The van der Waals surface area contributed by atoms with Crippen molar-refractivity contribution in [2.24, 2.45) is 0 Å². The largest absolute Gasteiger partial charge is 0.433 e. The van der Waals surface area contributed by atoms with Crippen LogP contribution in [0.3, 0.4) is 0 Å². The molecule has 2 heterocycles. The Morgan fingerprint density at radius 2 is 1.89 bits per heavy atom. The highest BCUT2D eigenvalue weighted by atomic mass is 35.5. The lowest BCUT2D eigenvalue weighted by Crippen LogP contribution is -2.46. The Hall–Kier alpha value is -2.86. The maximum atomic E-state index is 12.7. The fourth-order valence-electron chi connectivity index (χ4n) is 3.50. The van der Waals surface area contributed by atoms with Crippen molar-refractivity contribution in [3.63, 3.8) is 0 Å². The van der Waals surface area contributed by atoms with Crippen LogP contribution >= 0.6 is 11.6 Å². The molecule has 7 heteroatoms. The average molecular weight is 385 g/mol. The summed E-state index contributed by atoms with van der Waals surface area (Å²) in [5.41, 5.74) is 1.96. The fourth-order valence-corrected chi connectivity index (χ4v) is 3.62. The molecule has 2 amide bonds. The minimum Gasteiger partial charge on any atom is -0.433 e. The van der Waals surface area contributed by atoms with Crippen molar-refractivity contribution in [3.05, 3.63) is 70.2 Å². The SMILES string of the molecule is O=C1OC(N2C(=O)CCC2C(=O)NCc2ccc(Cl)cc2)c2ccccc21. The van der Waals surface area contributed by atoms with Gasteiger partial charge in [-0.15, -0.1) is 0 Å². The monoisotopic (exact) mass is 384 g/mol. The van der Waals surface area contributed by atoms with Crippen LogP contribution < -0.4 is 5.32 Å². The predicted molar refractivity (Wildman–Crippen MR) is 97.8 cm³/mol. The number of likely N-dealkylation sites (tertiary alicyclic amines) is 1. The molecule has 2 aromatic rings.